The van der Waals surface area contributed by atoms with E-state index in [0.29, 0.717) is 37.7 Å². The Bertz CT molecular complexity index is 745. The Morgan fingerprint density at radius 2 is 1.89 bits per heavy atom. The van der Waals surface area contributed by atoms with Gasteiger partial charge in [0.2, 0.25) is 0 Å². The minimum Gasteiger partial charge on any atom is -0.493 e. The fourth-order valence-corrected chi connectivity index (χ4v) is 3.25. The van der Waals surface area contributed by atoms with Gasteiger partial charge in [-0.2, -0.15) is 0 Å². The van der Waals surface area contributed by atoms with Gasteiger partial charge in [-0.1, -0.05) is 24.3 Å². The lowest BCUT2D eigenvalue weighted by Gasteiger charge is -2.35. The quantitative estimate of drug-likeness (QED) is 0.812. The first kappa shape index (κ1) is 19.3. The molecule has 1 amide bonds. The molecule has 1 N–H and O–H groups in total. The molecular weight excluding hydrogens is 347 g/mol. The number of hydrogen-bond donors (Lipinski definition) is 1. The third-order valence-corrected chi connectivity index (χ3v) is 4.63. The van der Waals surface area contributed by atoms with E-state index in [4.69, 9.17) is 9.47 Å². The molecule has 6 heteroatoms. The molecular formula is C21H25FN2O3. The minimum absolute atomic E-state index is 0.0438. The predicted octanol–water partition coefficient (Wildman–Crippen LogP) is 3.03. The van der Waals surface area contributed by atoms with Crippen LogP contribution >= 0.6 is 0 Å². The van der Waals surface area contributed by atoms with Gasteiger partial charge in [-0.05, 0) is 36.8 Å². The van der Waals surface area contributed by atoms with Crippen LogP contribution in [-0.2, 0) is 4.74 Å². The summed E-state index contributed by atoms with van der Waals surface area (Å²) < 4.78 is 24.3. The molecule has 0 unspecified atom stereocenters. The van der Waals surface area contributed by atoms with Gasteiger partial charge in [0.1, 0.15) is 11.6 Å². The van der Waals surface area contributed by atoms with Gasteiger partial charge in [0, 0.05) is 19.6 Å². The molecule has 0 spiro atoms. The van der Waals surface area contributed by atoms with Gasteiger partial charge in [0.15, 0.2) is 0 Å². The number of carbonyl (C=O) groups is 1. The number of hydrogen-bond acceptors (Lipinski definition) is 4. The largest absolute Gasteiger partial charge is 0.493 e. The summed E-state index contributed by atoms with van der Waals surface area (Å²) in [6.07, 6.45) is 0. The Kier molecular flexibility index (Phi) is 6.79. The summed E-state index contributed by atoms with van der Waals surface area (Å²) in [4.78, 5) is 15.0. The maximum Gasteiger partial charge on any atom is 0.255 e. The topological polar surface area (TPSA) is 50.8 Å². The van der Waals surface area contributed by atoms with Crippen molar-refractivity contribution in [3.05, 3.63) is 65.5 Å². The minimum atomic E-state index is -0.269. The number of morpholine rings is 1. The van der Waals surface area contributed by atoms with E-state index in [1.54, 1.807) is 24.3 Å². The second-order valence-corrected chi connectivity index (χ2v) is 6.35. The second-order valence-electron chi connectivity index (χ2n) is 6.35. The van der Waals surface area contributed by atoms with Gasteiger partial charge in [0.05, 0.1) is 31.4 Å². The number of para-hydroxylation sites is 1. The van der Waals surface area contributed by atoms with Crippen molar-refractivity contribution in [3.8, 4) is 5.75 Å². The van der Waals surface area contributed by atoms with E-state index in [1.807, 2.05) is 19.1 Å². The van der Waals surface area contributed by atoms with E-state index in [2.05, 4.69) is 10.2 Å². The number of halogens is 1. The average Bonchev–Trinajstić information content (AvgIpc) is 2.71. The van der Waals surface area contributed by atoms with E-state index >= 15 is 0 Å². The molecule has 144 valence electrons. The average molecular weight is 372 g/mol. The summed E-state index contributed by atoms with van der Waals surface area (Å²) in [6, 6.07) is 13.6. The summed E-state index contributed by atoms with van der Waals surface area (Å²) in [7, 11) is 0. The van der Waals surface area contributed by atoms with Gasteiger partial charge in [0.25, 0.3) is 5.91 Å². The van der Waals surface area contributed by atoms with Crippen LogP contribution in [-0.4, -0.2) is 50.3 Å². The summed E-state index contributed by atoms with van der Waals surface area (Å²) >= 11 is 0. The summed E-state index contributed by atoms with van der Waals surface area (Å²) in [5.41, 5.74) is 1.48. The molecule has 1 fully saturated rings. The van der Waals surface area contributed by atoms with Crippen LogP contribution in [0.1, 0.15) is 28.9 Å². The first-order valence-electron chi connectivity index (χ1n) is 9.26. The predicted molar refractivity (Wildman–Crippen MR) is 101 cm³/mol. The molecule has 0 bridgehead atoms. The zero-order chi connectivity index (χ0) is 19.1. The number of carbonyl (C=O) groups excluding carboxylic acids is 1. The molecule has 0 aromatic heterocycles. The van der Waals surface area contributed by atoms with E-state index in [-0.39, 0.29) is 17.8 Å². The molecule has 1 saturated heterocycles. The zero-order valence-electron chi connectivity index (χ0n) is 15.5. The molecule has 1 heterocycles. The lowest BCUT2D eigenvalue weighted by Crippen LogP contribution is -2.43. The van der Waals surface area contributed by atoms with Crippen LogP contribution < -0.4 is 10.1 Å². The monoisotopic (exact) mass is 372 g/mol. The highest BCUT2D eigenvalue weighted by Crippen LogP contribution is 2.23. The number of rotatable bonds is 7. The van der Waals surface area contributed by atoms with Crippen molar-refractivity contribution >= 4 is 5.91 Å². The molecule has 0 saturated carbocycles. The molecule has 0 aliphatic carbocycles. The molecule has 1 aliphatic heterocycles. The normalized spacial score (nSPS) is 15.9. The van der Waals surface area contributed by atoms with Gasteiger partial charge < -0.3 is 14.8 Å². The molecule has 0 radical (unpaired) electrons. The fourth-order valence-electron chi connectivity index (χ4n) is 3.25. The Morgan fingerprint density at radius 3 is 2.59 bits per heavy atom. The standard InChI is InChI=1S/C21H25FN2O3/c1-2-27-20-6-4-3-5-18(20)21(25)23-15-19(24-11-13-26-14-12-24)16-7-9-17(22)10-8-16/h3-10,19H,2,11-15H2,1H3,(H,23,25)/t19-/m0/s1. The molecule has 5 nitrogen and oxygen atoms in total. The number of ether oxygens (including phenoxy) is 2. The smallest absolute Gasteiger partial charge is 0.255 e. The second kappa shape index (κ2) is 9.48. The van der Waals surface area contributed by atoms with Gasteiger partial charge >= 0.3 is 0 Å². The van der Waals surface area contributed by atoms with Crippen molar-refractivity contribution in [2.24, 2.45) is 0 Å². The van der Waals surface area contributed by atoms with Crippen LogP contribution in [0, 0.1) is 5.82 Å². The number of amides is 1. The van der Waals surface area contributed by atoms with Crippen molar-refractivity contribution < 1.29 is 18.7 Å². The highest BCUT2D eigenvalue weighted by atomic mass is 19.1. The lowest BCUT2D eigenvalue weighted by molar-refractivity contribution is 0.0162. The number of nitrogens with zero attached hydrogens (tertiary/aromatic N) is 1. The Balaban J connectivity index is 1.74. The fraction of sp³-hybridized carbons (Fsp3) is 0.381. The Hall–Kier alpha value is -2.44. The summed E-state index contributed by atoms with van der Waals surface area (Å²) in [6.45, 7) is 5.65. The van der Waals surface area contributed by atoms with Crippen LogP contribution in [0.5, 0.6) is 5.75 Å². The van der Waals surface area contributed by atoms with E-state index in [0.717, 1.165) is 18.7 Å². The van der Waals surface area contributed by atoms with Gasteiger partial charge in [-0.3, -0.25) is 9.69 Å². The number of benzene rings is 2. The molecule has 27 heavy (non-hydrogen) atoms. The van der Waals surface area contributed by atoms with Gasteiger partial charge in [-0.25, -0.2) is 4.39 Å². The third kappa shape index (κ3) is 5.05. The van der Waals surface area contributed by atoms with Crippen molar-refractivity contribution in [2.45, 2.75) is 13.0 Å². The van der Waals surface area contributed by atoms with Crippen LogP contribution in [0.2, 0.25) is 0 Å². The van der Waals surface area contributed by atoms with Crippen LogP contribution in [0.4, 0.5) is 4.39 Å². The zero-order valence-corrected chi connectivity index (χ0v) is 15.5. The number of nitrogens with one attached hydrogen (secondary N) is 1. The summed E-state index contributed by atoms with van der Waals surface area (Å²) in [5, 5.41) is 3.01. The van der Waals surface area contributed by atoms with Crippen molar-refractivity contribution in [1.82, 2.24) is 10.2 Å². The van der Waals surface area contributed by atoms with E-state index < -0.39 is 0 Å². The summed E-state index contributed by atoms with van der Waals surface area (Å²) in [5.74, 6) is 0.121. The molecule has 2 aromatic rings. The van der Waals surface area contributed by atoms with Crippen LogP contribution in [0.25, 0.3) is 0 Å². The van der Waals surface area contributed by atoms with Crippen LogP contribution in [0.3, 0.4) is 0 Å². The molecule has 1 aliphatic rings. The Morgan fingerprint density at radius 1 is 1.19 bits per heavy atom. The van der Waals surface area contributed by atoms with Crippen LogP contribution in [0.15, 0.2) is 48.5 Å². The first-order valence-corrected chi connectivity index (χ1v) is 9.26. The van der Waals surface area contributed by atoms with Crippen molar-refractivity contribution in [3.63, 3.8) is 0 Å². The molecule has 1 atom stereocenters. The van der Waals surface area contributed by atoms with Crippen molar-refractivity contribution in [1.29, 1.82) is 0 Å². The van der Waals surface area contributed by atoms with E-state index in [1.165, 1.54) is 12.1 Å². The maximum atomic E-state index is 13.3. The third-order valence-electron chi connectivity index (χ3n) is 4.63. The highest BCUT2D eigenvalue weighted by Gasteiger charge is 2.24. The molecule has 3 rings (SSSR count). The Labute approximate surface area is 159 Å². The molecule has 2 aromatic carbocycles. The lowest BCUT2D eigenvalue weighted by atomic mass is 10.0. The SMILES string of the molecule is CCOc1ccccc1C(=O)NC[C@@H](c1ccc(F)cc1)N1CCOCC1. The highest BCUT2D eigenvalue weighted by molar-refractivity contribution is 5.96. The first-order chi connectivity index (χ1) is 13.2. The maximum absolute atomic E-state index is 13.3. The van der Waals surface area contributed by atoms with Crippen molar-refractivity contribution in [2.75, 3.05) is 39.5 Å². The van der Waals surface area contributed by atoms with E-state index in [9.17, 15) is 9.18 Å². The van der Waals surface area contributed by atoms with Gasteiger partial charge in [-0.15, -0.1) is 0 Å².